The average Bonchev–Trinajstić information content (AvgIpc) is 2.89. The van der Waals surface area contributed by atoms with Crippen molar-refractivity contribution in [3.8, 4) is 0 Å². The topological polar surface area (TPSA) is 36.4 Å². The van der Waals surface area contributed by atoms with Crippen molar-refractivity contribution >= 4 is 6.21 Å². The molecule has 0 spiro atoms. The minimum absolute atomic E-state index is 0.0991. The number of allylic oxidation sites excluding steroid dienone is 6. The first kappa shape index (κ1) is 17.2. The van der Waals surface area contributed by atoms with Crippen molar-refractivity contribution in [3.05, 3.63) is 72.4 Å². The summed E-state index contributed by atoms with van der Waals surface area (Å²) in [4.78, 5) is 3.99. The van der Waals surface area contributed by atoms with E-state index in [1.807, 2.05) is 25.3 Å². The number of nitrogens with one attached hydrogen (secondary N) is 2. The van der Waals surface area contributed by atoms with E-state index in [4.69, 9.17) is 0 Å². The molecule has 0 fully saturated rings. The maximum absolute atomic E-state index is 14.1. The zero-order valence-electron chi connectivity index (χ0n) is 13.6. The van der Waals surface area contributed by atoms with Crippen molar-refractivity contribution in [1.82, 2.24) is 10.6 Å². The number of rotatable bonds is 6. The fourth-order valence-electron chi connectivity index (χ4n) is 2.92. The highest BCUT2D eigenvalue weighted by Gasteiger charge is 2.21. The predicted molar refractivity (Wildman–Crippen MR) is 95.9 cm³/mol. The zero-order chi connectivity index (χ0) is 16.7. The first-order valence-corrected chi connectivity index (χ1v) is 7.85. The van der Waals surface area contributed by atoms with E-state index in [-0.39, 0.29) is 17.8 Å². The molecule has 2 rings (SSSR count). The van der Waals surface area contributed by atoms with Crippen LogP contribution in [0.2, 0.25) is 0 Å². The molecular formula is C19H24FN3. The molecule has 2 N–H and O–H groups in total. The number of halogens is 1. The number of likely N-dealkylation sites (N-methyl/N-ethyl adjacent to an activating group) is 1. The maximum atomic E-state index is 14.1. The highest BCUT2D eigenvalue weighted by molar-refractivity contribution is 5.80. The van der Waals surface area contributed by atoms with Crippen LogP contribution >= 0.6 is 0 Å². The van der Waals surface area contributed by atoms with Crippen molar-refractivity contribution in [2.45, 2.75) is 18.9 Å². The van der Waals surface area contributed by atoms with Gasteiger partial charge in [0.2, 0.25) is 0 Å². The van der Waals surface area contributed by atoms with Crippen LogP contribution in [0.1, 0.15) is 12.8 Å². The number of aliphatic imine (C=N–C) groups is 1. The summed E-state index contributed by atoms with van der Waals surface area (Å²) in [5, 5.41) is 6.35. The van der Waals surface area contributed by atoms with Crippen molar-refractivity contribution in [3.63, 3.8) is 0 Å². The van der Waals surface area contributed by atoms with E-state index in [1.165, 1.54) is 6.21 Å². The van der Waals surface area contributed by atoms with Crippen LogP contribution in [-0.2, 0) is 0 Å². The standard InChI is InChI=1S/C19H24FN3/c1-4-23-14(2)19(21-3)16-8-5-7-15(10-11-16)17-9-6-12-22-13-18(17)20/h4,6-7,9-11,13,16,19,21,23H,1-2,5,8,12H2,3H3. The van der Waals surface area contributed by atoms with Crippen LogP contribution in [0.15, 0.2) is 77.4 Å². The Kier molecular flexibility index (Phi) is 6.29. The van der Waals surface area contributed by atoms with Crippen molar-refractivity contribution in [2.24, 2.45) is 10.9 Å². The van der Waals surface area contributed by atoms with Crippen LogP contribution in [0.4, 0.5) is 4.39 Å². The lowest BCUT2D eigenvalue weighted by Crippen LogP contribution is -2.37. The monoisotopic (exact) mass is 313 g/mol. The van der Waals surface area contributed by atoms with E-state index < -0.39 is 0 Å². The Balaban J connectivity index is 2.19. The molecule has 1 aliphatic carbocycles. The normalized spacial score (nSPS) is 22.2. The molecule has 0 amide bonds. The van der Waals surface area contributed by atoms with Crippen LogP contribution in [0.5, 0.6) is 0 Å². The van der Waals surface area contributed by atoms with Crippen LogP contribution in [0, 0.1) is 5.92 Å². The summed E-state index contributed by atoms with van der Waals surface area (Å²) in [6.45, 7) is 8.26. The molecule has 2 atom stereocenters. The Morgan fingerprint density at radius 3 is 3.04 bits per heavy atom. The van der Waals surface area contributed by atoms with E-state index in [0.717, 1.165) is 24.1 Å². The van der Waals surface area contributed by atoms with Crippen molar-refractivity contribution in [2.75, 3.05) is 13.6 Å². The Hall–Kier alpha value is -2.20. The fourth-order valence-corrected chi connectivity index (χ4v) is 2.92. The molecule has 1 aliphatic heterocycles. The third kappa shape index (κ3) is 4.39. The molecular weight excluding hydrogens is 289 g/mol. The lowest BCUT2D eigenvalue weighted by atomic mass is 9.93. The van der Waals surface area contributed by atoms with E-state index in [9.17, 15) is 4.39 Å². The quantitative estimate of drug-likeness (QED) is 0.786. The second-order valence-electron chi connectivity index (χ2n) is 5.56. The molecule has 122 valence electrons. The highest BCUT2D eigenvalue weighted by Crippen LogP contribution is 2.27. The van der Waals surface area contributed by atoms with Gasteiger partial charge >= 0.3 is 0 Å². The van der Waals surface area contributed by atoms with Gasteiger partial charge < -0.3 is 10.6 Å². The molecule has 2 aliphatic rings. The molecule has 0 aromatic carbocycles. The molecule has 4 heteroatoms. The maximum Gasteiger partial charge on any atom is 0.148 e. The van der Waals surface area contributed by atoms with Gasteiger partial charge in [0.15, 0.2) is 0 Å². The average molecular weight is 313 g/mol. The summed E-state index contributed by atoms with van der Waals surface area (Å²) in [6, 6.07) is 0.0991. The smallest absolute Gasteiger partial charge is 0.148 e. The van der Waals surface area contributed by atoms with Crippen molar-refractivity contribution < 1.29 is 4.39 Å². The third-order valence-corrected chi connectivity index (χ3v) is 4.06. The van der Waals surface area contributed by atoms with Gasteiger partial charge in [-0.15, -0.1) is 0 Å². The summed E-state index contributed by atoms with van der Waals surface area (Å²) in [5.41, 5.74) is 2.39. The predicted octanol–water partition coefficient (Wildman–Crippen LogP) is 3.58. The molecule has 0 aromatic heterocycles. The Morgan fingerprint density at radius 2 is 2.30 bits per heavy atom. The summed E-state index contributed by atoms with van der Waals surface area (Å²) >= 11 is 0. The van der Waals surface area contributed by atoms with Crippen LogP contribution in [-0.4, -0.2) is 25.8 Å². The first-order valence-electron chi connectivity index (χ1n) is 7.85. The molecule has 3 nitrogen and oxygen atoms in total. The van der Waals surface area contributed by atoms with Crippen molar-refractivity contribution in [1.29, 1.82) is 0 Å². The minimum atomic E-state index is -0.281. The highest BCUT2D eigenvalue weighted by atomic mass is 19.1. The number of nitrogens with zero attached hydrogens (tertiary/aromatic N) is 1. The van der Waals surface area contributed by atoms with E-state index in [0.29, 0.717) is 12.1 Å². The summed E-state index contributed by atoms with van der Waals surface area (Å²) in [5.74, 6) is -0.00298. The van der Waals surface area contributed by atoms with Gasteiger partial charge in [-0.1, -0.05) is 43.5 Å². The molecule has 0 aromatic rings. The fraction of sp³-hybridized carbons (Fsp3) is 0.316. The first-order chi connectivity index (χ1) is 11.2. The van der Waals surface area contributed by atoms with E-state index >= 15 is 0 Å². The van der Waals surface area contributed by atoms with E-state index in [2.05, 4.69) is 40.9 Å². The molecule has 2 unspecified atom stereocenters. The van der Waals surface area contributed by atoms with Gasteiger partial charge in [0.1, 0.15) is 5.83 Å². The Morgan fingerprint density at radius 1 is 1.48 bits per heavy atom. The molecule has 1 heterocycles. The van der Waals surface area contributed by atoms with Crippen LogP contribution < -0.4 is 10.6 Å². The molecule has 23 heavy (non-hydrogen) atoms. The van der Waals surface area contributed by atoms with Gasteiger partial charge in [-0.3, -0.25) is 4.99 Å². The zero-order valence-corrected chi connectivity index (χ0v) is 13.6. The Bertz CT molecular complexity index is 608. The van der Waals surface area contributed by atoms with Gasteiger partial charge in [0.05, 0.1) is 18.8 Å². The largest absolute Gasteiger partial charge is 0.365 e. The summed E-state index contributed by atoms with van der Waals surface area (Å²) < 4.78 is 14.1. The second-order valence-corrected chi connectivity index (χ2v) is 5.56. The van der Waals surface area contributed by atoms with Gasteiger partial charge in [0, 0.05) is 11.3 Å². The van der Waals surface area contributed by atoms with Gasteiger partial charge in [-0.25, -0.2) is 4.39 Å². The molecule has 0 radical (unpaired) electrons. The second kappa shape index (κ2) is 8.44. The third-order valence-electron chi connectivity index (χ3n) is 4.06. The van der Waals surface area contributed by atoms with Crippen LogP contribution in [0.25, 0.3) is 0 Å². The SMILES string of the molecule is C=CNC(=C)C(NC)C1C=CC(C2=C(F)C=NCC=C2)=CCC1. The van der Waals surface area contributed by atoms with Crippen LogP contribution in [0.3, 0.4) is 0 Å². The molecule has 0 saturated carbocycles. The van der Waals surface area contributed by atoms with E-state index in [1.54, 1.807) is 6.20 Å². The lowest BCUT2D eigenvalue weighted by molar-refractivity contribution is 0.452. The lowest BCUT2D eigenvalue weighted by Gasteiger charge is -2.25. The number of hydrogen-bond acceptors (Lipinski definition) is 3. The molecule has 0 saturated heterocycles. The Labute approximate surface area is 137 Å². The summed E-state index contributed by atoms with van der Waals surface area (Å²) in [6.07, 6.45) is 14.7. The van der Waals surface area contributed by atoms with Gasteiger partial charge in [-0.05, 0) is 37.6 Å². The minimum Gasteiger partial charge on any atom is -0.365 e. The van der Waals surface area contributed by atoms with Gasteiger partial charge in [-0.2, -0.15) is 0 Å². The number of hydrogen-bond donors (Lipinski definition) is 2. The summed E-state index contributed by atoms with van der Waals surface area (Å²) in [7, 11) is 1.92. The van der Waals surface area contributed by atoms with Gasteiger partial charge in [0.25, 0.3) is 0 Å². The molecule has 0 bridgehead atoms.